The van der Waals surface area contributed by atoms with Crippen molar-refractivity contribution in [3.8, 4) is 6.07 Å². The predicted molar refractivity (Wildman–Crippen MR) is 67.2 cm³/mol. The molecule has 1 aromatic rings. The number of piperazine rings is 1. The quantitative estimate of drug-likeness (QED) is 0.569. The highest BCUT2D eigenvalue weighted by Gasteiger charge is 2.35. The smallest absolute Gasteiger partial charge is 0.329 e. The van der Waals surface area contributed by atoms with E-state index >= 15 is 0 Å². The highest BCUT2D eigenvalue weighted by Crippen LogP contribution is 2.30. The molecule has 1 atom stereocenters. The van der Waals surface area contributed by atoms with E-state index in [0.717, 1.165) is 0 Å². The normalized spacial score (nSPS) is 18.4. The summed E-state index contributed by atoms with van der Waals surface area (Å²) in [6, 6.07) is 2.01. The van der Waals surface area contributed by atoms with Gasteiger partial charge >= 0.3 is 11.7 Å². The summed E-state index contributed by atoms with van der Waals surface area (Å²) in [6.45, 7) is 0.907. The number of hydrogen-bond acceptors (Lipinski definition) is 7. The lowest BCUT2D eigenvalue weighted by Crippen LogP contribution is -2.55. The Morgan fingerprint density at radius 3 is 3.05 bits per heavy atom. The molecule has 2 rings (SSSR count). The predicted octanol–water partition coefficient (Wildman–Crippen LogP) is -0.276. The van der Waals surface area contributed by atoms with E-state index < -0.39 is 22.6 Å². The van der Waals surface area contributed by atoms with E-state index in [2.05, 4.69) is 10.3 Å². The van der Waals surface area contributed by atoms with Gasteiger partial charge in [0.25, 0.3) is 0 Å². The van der Waals surface area contributed by atoms with Gasteiger partial charge in [0, 0.05) is 25.8 Å². The Morgan fingerprint density at radius 1 is 1.70 bits per heavy atom. The second-order valence-corrected chi connectivity index (χ2v) is 4.15. The third-order valence-corrected chi connectivity index (χ3v) is 3.01. The van der Waals surface area contributed by atoms with Gasteiger partial charge in [-0.1, -0.05) is 0 Å². The molecule has 0 bridgehead atoms. The van der Waals surface area contributed by atoms with Gasteiger partial charge in [-0.05, 0) is 6.07 Å². The van der Waals surface area contributed by atoms with Crippen molar-refractivity contribution in [1.29, 1.82) is 5.26 Å². The molecule has 1 aromatic heterocycles. The van der Waals surface area contributed by atoms with Crippen molar-refractivity contribution < 1.29 is 14.8 Å². The van der Waals surface area contributed by atoms with Crippen LogP contribution in [-0.2, 0) is 4.79 Å². The molecule has 0 aromatic carbocycles. The highest BCUT2D eigenvalue weighted by molar-refractivity contribution is 5.80. The maximum atomic E-state index is 11.2. The average molecular weight is 277 g/mol. The zero-order valence-electron chi connectivity index (χ0n) is 10.3. The number of nitro groups is 1. The number of carboxylic acid groups (broad SMARTS) is 1. The van der Waals surface area contributed by atoms with Gasteiger partial charge in [-0.25, -0.2) is 9.78 Å². The number of pyridine rings is 1. The van der Waals surface area contributed by atoms with E-state index in [-0.39, 0.29) is 24.5 Å². The number of carboxylic acids is 1. The van der Waals surface area contributed by atoms with E-state index in [1.54, 1.807) is 6.07 Å². The molecule has 1 fully saturated rings. The first kappa shape index (κ1) is 13.7. The van der Waals surface area contributed by atoms with Crippen LogP contribution in [-0.4, -0.2) is 46.7 Å². The molecule has 2 heterocycles. The van der Waals surface area contributed by atoms with E-state index in [0.29, 0.717) is 6.54 Å². The number of rotatable bonds is 3. The largest absolute Gasteiger partial charge is 0.480 e. The summed E-state index contributed by atoms with van der Waals surface area (Å²) in [5, 5.41) is 32.2. The van der Waals surface area contributed by atoms with Crippen LogP contribution in [0.3, 0.4) is 0 Å². The Hall–Kier alpha value is -2.73. The van der Waals surface area contributed by atoms with Crippen LogP contribution < -0.4 is 10.2 Å². The van der Waals surface area contributed by atoms with Crippen molar-refractivity contribution >= 4 is 17.5 Å². The zero-order chi connectivity index (χ0) is 14.7. The first-order chi connectivity index (χ1) is 9.56. The first-order valence-electron chi connectivity index (χ1n) is 5.80. The van der Waals surface area contributed by atoms with Crippen molar-refractivity contribution in [1.82, 2.24) is 10.3 Å². The fourth-order valence-electron chi connectivity index (χ4n) is 2.10. The van der Waals surface area contributed by atoms with Crippen LogP contribution in [0.25, 0.3) is 0 Å². The van der Waals surface area contributed by atoms with Gasteiger partial charge in [-0.15, -0.1) is 0 Å². The molecule has 9 heteroatoms. The lowest BCUT2D eigenvalue weighted by Gasteiger charge is -2.33. The second-order valence-electron chi connectivity index (χ2n) is 4.15. The van der Waals surface area contributed by atoms with E-state index in [1.807, 2.05) is 0 Å². The molecule has 1 aliphatic heterocycles. The monoisotopic (exact) mass is 277 g/mol. The minimum absolute atomic E-state index is 0.0806. The lowest BCUT2D eigenvalue weighted by molar-refractivity contribution is -0.384. The summed E-state index contributed by atoms with van der Waals surface area (Å²) < 4.78 is 0. The Bertz CT molecular complexity index is 597. The summed E-state index contributed by atoms with van der Waals surface area (Å²) in [6.07, 6.45) is 1.27. The standard InChI is InChI=1S/C11H11N5O4/c12-5-7-1-2-14-10(9(7)16(19)20)15-4-3-13-6-8(15)11(17)18/h1-2,8,13H,3-4,6H2,(H,17,18). The van der Waals surface area contributed by atoms with Crippen LogP contribution in [0.15, 0.2) is 12.3 Å². The highest BCUT2D eigenvalue weighted by atomic mass is 16.6. The first-order valence-corrected chi connectivity index (χ1v) is 5.80. The van der Waals surface area contributed by atoms with Gasteiger partial charge in [-0.3, -0.25) is 10.1 Å². The molecule has 0 aliphatic carbocycles. The van der Waals surface area contributed by atoms with Crippen molar-refractivity contribution in [2.45, 2.75) is 6.04 Å². The second kappa shape index (κ2) is 5.50. The fraction of sp³-hybridized carbons (Fsp3) is 0.364. The van der Waals surface area contributed by atoms with E-state index in [4.69, 9.17) is 5.26 Å². The Morgan fingerprint density at radius 2 is 2.45 bits per heavy atom. The molecular weight excluding hydrogens is 266 g/mol. The molecule has 104 valence electrons. The number of anilines is 1. The number of nitrogens with zero attached hydrogens (tertiary/aromatic N) is 4. The number of carbonyl (C=O) groups is 1. The topological polar surface area (TPSA) is 132 Å². The summed E-state index contributed by atoms with van der Waals surface area (Å²) in [7, 11) is 0. The van der Waals surface area contributed by atoms with Gasteiger partial charge in [0.2, 0.25) is 5.82 Å². The van der Waals surface area contributed by atoms with Crippen molar-refractivity contribution in [3.05, 3.63) is 27.9 Å². The maximum absolute atomic E-state index is 11.2. The van der Waals surface area contributed by atoms with E-state index in [1.165, 1.54) is 17.2 Å². The molecular formula is C11H11N5O4. The molecule has 20 heavy (non-hydrogen) atoms. The van der Waals surface area contributed by atoms with E-state index in [9.17, 15) is 20.0 Å². The summed E-state index contributed by atoms with van der Waals surface area (Å²) in [5.41, 5.74) is -0.592. The van der Waals surface area contributed by atoms with Gasteiger partial charge in [0.05, 0.1) is 4.92 Å². The number of hydrogen-bond donors (Lipinski definition) is 2. The third kappa shape index (κ3) is 2.36. The lowest BCUT2D eigenvalue weighted by atomic mass is 10.1. The molecule has 9 nitrogen and oxygen atoms in total. The Balaban J connectivity index is 2.53. The Kier molecular flexibility index (Phi) is 3.76. The molecule has 0 saturated carbocycles. The summed E-state index contributed by atoms with van der Waals surface area (Å²) >= 11 is 0. The minimum Gasteiger partial charge on any atom is -0.480 e. The third-order valence-electron chi connectivity index (χ3n) is 3.01. The number of nitrogens with one attached hydrogen (secondary N) is 1. The van der Waals surface area contributed by atoms with Crippen LogP contribution in [0.4, 0.5) is 11.5 Å². The molecule has 1 unspecified atom stereocenters. The molecule has 1 saturated heterocycles. The van der Waals surface area contributed by atoms with Gasteiger partial charge in [0.15, 0.2) is 0 Å². The van der Waals surface area contributed by atoms with Crippen molar-refractivity contribution in [2.24, 2.45) is 0 Å². The molecule has 1 aliphatic rings. The zero-order valence-corrected chi connectivity index (χ0v) is 10.3. The molecule has 0 radical (unpaired) electrons. The Labute approximate surface area is 113 Å². The fourth-order valence-corrected chi connectivity index (χ4v) is 2.10. The average Bonchev–Trinajstić information content (AvgIpc) is 2.46. The number of nitriles is 1. The van der Waals surface area contributed by atoms with Crippen LogP contribution in [0, 0.1) is 21.4 Å². The number of aliphatic carboxylic acids is 1. The van der Waals surface area contributed by atoms with Crippen LogP contribution in [0.1, 0.15) is 5.56 Å². The van der Waals surface area contributed by atoms with Gasteiger partial charge < -0.3 is 15.3 Å². The minimum atomic E-state index is -1.10. The number of aromatic nitrogens is 1. The molecule has 2 N–H and O–H groups in total. The van der Waals surface area contributed by atoms with Gasteiger partial charge in [0.1, 0.15) is 17.7 Å². The van der Waals surface area contributed by atoms with Gasteiger partial charge in [-0.2, -0.15) is 5.26 Å². The SMILES string of the molecule is N#Cc1ccnc(N2CCNCC2C(=O)O)c1[N+](=O)[O-]. The molecule has 0 amide bonds. The summed E-state index contributed by atoms with van der Waals surface area (Å²) in [5.74, 6) is -1.18. The van der Waals surface area contributed by atoms with Crippen molar-refractivity contribution in [3.63, 3.8) is 0 Å². The molecule has 0 spiro atoms. The summed E-state index contributed by atoms with van der Waals surface area (Å²) in [4.78, 5) is 26.9. The van der Waals surface area contributed by atoms with Crippen molar-refractivity contribution in [2.75, 3.05) is 24.5 Å². The maximum Gasteiger partial charge on any atom is 0.329 e. The van der Waals surface area contributed by atoms with Crippen LogP contribution >= 0.6 is 0 Å². The van der Waals surface area contributed by atoms with Crippen LogP contribution in [0.5, 0.6) is 0 Å². The van der Waals surface area contributed by atoms with Crippen LogP contribution in [0.2, 0.25) is 0 Å².